The summed E-state index contributed by atoms with van der Waals surface area (Å²) in [6.07, 6.45) is 2.26. The summed E-state index contributed by atoms with van der Waals surface area (Å²) in [4.78, 5) is 81.9. The summed E-state index contributed by atoms with van der Waals surface area (Å²) >= 11 is 0. The van der Waals surface area contributed by atoms with Crippen LogP contribution in [0.5, 0.6) is 0 Å². The lowest BCUT2D eigenvalue weighted by atomic mass is 10.1. The second-order valence-electron chi connectivity index (χ2n) is 15.4. The highest BCUT2D eigenvalue weighted by molar-refractivity contribution is 7.86. The molecule has 2 heterocycles. The van der Waals surface area contributed by atoms with E-state index in [1.165, 1.54) is 62.4 Å². The molecular formula is C44H44N12O16S2. The summed E-state index contributed by atoms with van der Waals surface area (Å²) in [7, 11) is -10.1. The highest BCUT2D eigenvalue weighted by atomic mass is 32.2. The number of anilines is 10. The first kappa shape index (κ1) is 54.7. The van der Waals surface area contributed by atoms with Gasteiger partial charge in [0.25, 0.3) is 20.2 Å². The smallest absolute Gasteiger partial charge is 0.323 e. The average Bonchev–Trinajstić information content (AvgIpc) is 3.33. The van der Waals surface area contributed by atoms with Crippen molar-refractivity contribution >= 4 is 114 Å². The van der Waals surface area contributed by atoms with Gasteiger partial charge < -0.3 is 41.3 Å². The monoisotopic (exact) mass is 1060 g/mol. The van der Waals surface area contributed by atoms with Gasteiger partial charge in [0, 0.05) is 47.0 Å². The SMILES string of the molecule is CC(=O)c1ccc(Nc2nc(Nc3ccc(/C=C/c4ccc(Nc5nc(Nc6ccc(C(C)=O)cc6)nc(N(CCOO)CC(=O)O)n5)cc4S(=O)(=O)O)c(S(=O)(=O)O)c3)nc(N(CCOO)CC(=O)O)n2)cc1. The molecule has 30 heteroatoms. The minimum absolute atomic E-state index is 0.0419. The largest absolute Gasteiger partial charge is 0.480 e. The van der Waals surface area contributed by atoms with E-state index in [4.69, 9.17) is 10.5 Å². The number of carbonyl (C=O) groups is 4. The van der Waals surface area contributed by atoms with Crippen LogP contribution in [0.4, 0.5) is 58.4 Å². The molecule has 0 amide bonds. The predicted octanol–water partition coefficient (Wildman–Crippen LogP) is 4.86. The van der Waals surface area contributed by atoms with Crippen molar-refractivity contribution in [3.05, 3.63) is 107 Å². The molecule has 0 bridgehead atoms. The third kappa shape index (κ3) is 15.4. The second kappa shape index (κ2) is 24.2. The van der Waals surface area contributed by atoms with Gasteiger partial charge in [0.05, 0.1) is 13.2 Å². The number of carboxylic acids is 2. The molecule has 0 saturated heterocycles. The minimum Gasteiger partial charge on any atom is -0.480 e. The van der Waals surface area contributed by atoms with Crippen molar-refractivity contribution in [1.29, 1.82) is 0 Å². The molecule has 74 heavy (non-hydrogen) atoms. The molecule has 0 spiro atoms. The van der Waals surface area contributed by atoms with Gasteiger partial charge in [-0.05, 0) is 97.8 Å². The van der Waals surface area contributed by atoms with Gasteiger partial charge in [-0.1, -0.05) is 24.3 Å². The van der Waals surface area contributed by atoms with E-state index in [1.54, 1.807) is 24.3 Å². The Balaban J connectivity index is 1.33. The van der Waals surface area contributed by atoms with Crippen molar-refractivity contribution in [1.82, 2.24) is 29.9 Å². The summed E-state index contributed by atoms with van der Waals surface area (Å²) in [6, 6.07) is 19.4. The molecule has 0 unspecified atom stereocenters. The highest BCUT2D eigenvalue weighted by Crippen LogP contribution is 2.30. The lowest BCUT2D eigenvalue weighted by Gasteiger charge is -2.21. The molecule has 6 rings (SSSR count). The number of Topliss-reactive ketones (excluding diaryl/α,β-unsaturated/α-hetero) is 2. The second-order valence-corrected chi connectivity index (χ2v) is 18.2. The van der Waals surface area contributed by atoms with E-state index in [-0.39, 0.29) is 96.1 Å². The number of nitrogens with zero attached hydrogens (tertiary/aromatic N) is 8. The Morgan fingerprint density at radius 2 is 0.824 bits per heavy atom. The Hall–Kier alpha value is -8.62. The van der Waals surface area contributed by atoms with E-state index in [0.717, 1.165) is 34.1 Å². The van der Waals surface area contributed by atoms with Gasteiger partial charge in [0.2, 0.25) is 35.7 Å². The van der Waals surface area contributed by atoms with Crippen molar-refractivity contribution in [2.75, 3.05) is 70.5 Å². The lowest BCUT2D eigenvalue weighted by Crippen LogP contribution is -2.34. The number of aliphatic carboxylic acids is 2. The predicted molar refractivity (Wildman–Crippen MR) is 264 cm³/mol. The number of nitrogens with one attached hydrogen (secondary N) is 4. The third-order valence-electron chi connectivity index (χ3n) is 10.0. The first-order valence-corrected chi connectivity index (χ1v) is 24.2. The first-order chi connectivity index (χ1) is 35.1. The maximum absolute atomic E-state index is 12.8. The van der Waals surface area contributed by atoms with E-state index < -0.39 is 55.1 Å². The number of rotatable bonds is 26. The number of aromatic nitrogens is 6. The van der Waals surface area contributed by atoms with Crippen LogP contribution in [-0.2, 0) is 39.6 Å². The van der Waals surface area contributed by atoms with Crippen molar-refractivity contribution in [2.45, 2.75) is 23.6 Å². The molecule has 4 aromatic carbocycles. The molecule has 0 aliphatic carbocycles. The normalized spacial score (nSPS) is 11.5. The van der Waals surface area contributed by atoms with E-state index >= 15 is 0 Å². The van der Waals surface area contributed by atoms with Crippen LogP contribution in [0, 0.1) is 0 Å². The summed E-state index contributed by atoms with van der Waals surface area (Å²) in [5.74, 6) is -4.31. The average molecular weight is 1060 g/mol. The fourth-order valence-electron chi connectivity index (χ4n) is 6.58. The van der Waals surface area contributed by atoms with Gasteiger partial charge >= 0.3 is 11.9 Å². The summed E-state index contributed by atoms with van der Waals surface area (Å²) < 4.78 is 72.0. The van der Waals surface area contributed by atoms with Crippen LogP contribution in [0.25, 0.3) is 12.2 Å². The van der Waals surface area contributed by atoms with Crippen LogP contribution in [0.2, 0.25) is 0 Å². The van der Waals surface area contributed by atoms with Crippen molar-refractivity contribution in [3.63, 3.8) is 0 Å². The molecule has 388 valence electrons. The summed E-state index contributed by atoms with van der Waals surface area (Å²) in [5, 5.41) is 48.5. The first-order valence-electron chi connectivity index (χ1n) is 21.3. The van der Waals surface area contributed by atoms with Gasteiger partial charge in [0.15, 0.2) is 11.6 Å². The van der Waals surface area contributed by atoms with Crippen LogP contribution < -0.4 is 31.1 Å². The molecule has 6 aromatic rings. The zero-order valence-corrected chi connectivity index (χ0v) is 40.3. The van der Waals surface area contributed by atoms with Crippen LogP contribution >= 0.6 is 0 Å². The summed E-state index contributed by atoms with van der Waals surface area (Å²) in [6.45, 7) is 0.284. The van der Waals surface area contributed by atoms with E-state index in [2.05, 4.69) is 60.9 Å². The molecule has 2 aromatic heterocycles. The molecular weight excluding hydrogens is 1020 g/mol. The van der Waals surface area contributed by atoms with Crippen LogP contribution in [-0.4, -0.2) is 139 Å². The van der Waals surface area contributed by atoms with Crippen molar-refractivity contribution < 1.29 is 75.6 Å². The Morgan fingerprint density at radius 3 is 1.11 bits per heavy atom. The van der Waals surface area contributed by atoms with Crippen LogP contribution in [0.3, 0.4) is 0 Å². The molecule has 28 nitrogen and oxygen atoms in total. The van der Waals surface area contributed by atoms with Crippen LogP contribution in [0.1, 0.15) is 45.7 Å². The van der Waals surface area contributed by atoms with E-state index in [9.17, 15) is 55.3 Å². The topological polar surface area (TPSA) is 408 Å². The zero-order valence-electron chi connectivity index (χ0n) is 38.6. The Labute approximate surface area is 419 Å². The van der Waals surface area contributed by atoms with Gasteiger partial charge in [0.1, 0.15) is 22.9 Å². The van der Waals surface area contributed by atoms with Gasteiger partial charge in [-0.15, -0.1) is 0 Å². The van der Waals surface area contributed by atoms with Crippen molar-refractivity contribution in [2.24, 2.45) is 0 Å². The number of carboxylic acid groups (broad SMARTS) is 2. The van der Waals surface area contributed by atoms with Gasteiger partial charge in [-0.3, -0.25) is 38.8 Å². The number of carbonyl (C=O) groups excluding carboxylic acids is 2. The fraction of sp³-hybridized carbons (Fsp3) is 0.182. The van der Waals surface area contributed by atoms with Crippen molar-refractivity contribution in [3.8, 4) is 0 Å². The highest BCUT2D eigenvalue weighted by Gasteiger charge is 2.22. The van der Waals surface area contributed by atoms with E-state index in [1.807, 2.05) is 0 Å². The third-order valence-corrected chi connectivity index (χ3v) is 11.8. The van der Waals surface area contributed by atoms with Gasteiger partial charge in [-0.2, -0.15) is 46.7 Å². The number of ketones is 2. The number of benzene rings is 4. The standard InChI is InChI=1S/C44H44N12O16S2/c1-25(57)27-5-11-31(12-6-27)45-39-49-41(53-43(51-39)55(17-19-71-63)23-37(59)60)47-33-15-9-29(35(21-33)73(65,66)67)3-4-30-10-16-34(22-36(30)74(68,69)70)48-42-50-40(46-32-13-7-28(8-14-32)26(2)58)52-44(54-42)56(18-20-72-64)24-38(61)62/h3-16,21-22,63-64H,17-20,23-24H2,1-2H3,(H,59,60)(H,61,62)(H,65,66,67)(H,68,69,70)(H2,45,47,49,51,53)(H2,46,48,50,52,54)/b4-3+. The maximum Gasteiger partial charge on any atom is 0.323 e. The Kier molecular flexibility index (Phi) is 17.9. The fourth-order valence-corrected chi connectivity index (χ4v) is 8.00. The Bertz CT molecular complexity index is 3100. The molecule has 0 aliphatic rings. The maximum atomic E-state index is 12.8. The van der Waals surface area contributed by atoms with Gasteiger partial charge in [-0.25, -0.2) is 9.78 Å². The molecule has 0 radical (unpaired) electrons. The zero-order chi connectivity index (χ0) is 53.7. The summed E-state index contributed by atoms with van der Waals surface area (Å²) in [5.41, 5.74) is 1.17. The van der Waals surface area contributed by atoms with E-state index in [0.29, 0.717) is 22.5 Å². The minimum atomic E-state index is -5.05. The quantitative estimate of drug-likeness (QED) is 0.0114. The lowest BCUT2D eigenvalue weighted by molar-refractivity contribution is -0.239. The molecule has 0 atom stereocenters. The molecule has 0 aliphatic heterocycles. The number of hydrogen-bond acceptors (Lipinski definition) is 24. The van der Waals surface area contributed by atoms with Crippen LogP contribution in [0.15, 0.2) is 94.7 Å². The molecule has 0 saturated carbocycles. The molecule has 10 N–H and O–H groups in total. The number of hydrogen-bond donors (Lipinski definition) is 10. The molecule has 0 fully saturated rings. The Morgan fingerprint density at radius 1 is 0.514 bits per heavy atom.